The quantitative estimate of drug-likeness (QED) is 0.496. The fourth-order valence-corrected chi connectivity index (χ4v) is 1.68. The van der Waals surface area contributed by atoms with Crippen molar-refractivity contribution in [2.45, 2.75) is 46.0 Å². The molecule has 25 heavy (non-hydrogen) atoms. The number of esters is 2. The number of carbonyl (C=O) groups is 2. The number of unbranched alkanes of at least 4 members (excludes halogenated alkanes) is 2. The molecule has 0 amide bonds. The fourth-order valence-electron chi connectivity index (χ4n) is 1.68. The normalized spacial score (nSPS) is 9.76. The molecule has 1 rings (SSSR count). The van der Waals surface area contributed by atoms with Gasteiger partial charge in [0.25, 0.3) is 0 Å². The Labute approximate surface area is 149 Å². The predicted molar refractivity (Wildman–Crippen MR) is 95.6 cm³/mol. The first kappa shape index (κ1) is 23.1. The van der Waals surface area contributed by atoms with Crippen LogP contribution in [0.5, 0.6) is 0 Å². The van der Waals surface area contributed by atoms with E-state index >= 15 is 0 Å². The number of aliphatic hydroxyl groups excluding tert-OH is 2. The summed E-state index contributed by atoms with van der Waals surface area (Å²) in [5.41, 5.74) is 0.537. The summed E-state index contributed by atoms with van der Waals surface area (Å²) >= 11 is 0. The number of ether oxygens (including phenoxy) is 2. The summed E-state index contributed by atoms with van der Waals surface area (Å²) in [6, 6.07) is 6.59. The number of rotatable bonds is 10. The van der Waals surface area contributed by atoms with Crippen LogP contribution in [-0.2, 0) is 9.47 Å². The molecule has 0 heterocycles. The largest absolute Gasteiger partial charge is 0.462 e. The summed E-state index contributed by atoms with van der Waals surface area (Å²) in [5, 5.41) is 15.8. The summed E-state index contributed by atoms with van der Waals surface area (Å²) in [6.45, 7) is 4.97. The van der Waals surface area contributed by atoms with Gasteiger partial charge in [-0.1, -0.05) is 38.8 Å². The summed E-state index contributed by atoms with van der Waals surface area (Å²) < 4.78 is 10.3. The SMILES string of the molecule is CCCCOC(=O)c1ccccc1C(=O)OCCCC.OCCCO. The molecule has 142 valence electrons. The topological polar surface area (TPSA) is 93.1 Å². The zero-order valence-electron chi connectivity index (χ0n) is 15.2. The second-order valence-corrected chi connectivity index (χ2v) is 5.33. The van der Waals surface area contributed by atoms with E-state index in [1.165, 1.54) is 0 Å². The van der Waals surface area contributed by atoms with Crippen LogP contribution in [0.25, 0.3) is 0 Å². The van der Waals surface area contributed by atoms with Crippen molar-refractivity contribution in [3.05, 3.63) is 35.4 Å². The van der Waals surface area contributed by atoms with Crippen LogP contribution in [0.4, 0.5) is 0 Å². The molecule has 2 N–H and O–H groups in total. The van der Waals surface area contributed by atoms with Gasteiger partial charge in [-0.3, -0.25) is 0 Å². The molecule has 6 nitrogen and oxygen atoms in total. The number of hydrogen-bond acceptors (Lipinski definition) is 6. The molecule has 0 aromatic heterocycles. The average Bonchev–Trinajstić information content (AvgIpc) is 2.63. The Morgan fingerprint density at radius 3 is 1.48 bits per heavy atom. The highest BCUT2D eigenvalue weighted by molar-refractivity contribution is 6.03. The highest BCUT2D eigenvalue weighted by Crippen LogP contribution is 2.12. The molecule has 1 aromatic carbocycles. The van der Waals surface area contributed by atoms with Gasteiger partial charge in [-0.15, -0.1) is 0 Å². The van der Waals surface area contributed by atoms with Crippen LogP contribution in [0.2, 0.25) is 0 Å². The molecular weight excluding hydrogens is 324 g/mol. The number of benzene rings is 1. The highest BCUT2D eigenvalue weighted by atomic mass is 16.5. The molecule has 0 aliphatic heterocycles. The van der Waals surface area contributed by atoms with E-state index in [-0.39, 0.29) is 24.3 Å². The van der Waals surface area contributed by atoms with Crippen molar-refractivity contribution in [2.24, 2.45) is 0 Å². The second kappa shape index (κ2) is 15.6. The number of carbonyl (C=O) groups excluding carboxylic acids is 2. The van der Waals surface area contributed by atoms with E-state index < -0.39 is 11.9 Å². The van der Waals surface area contributed by atoms with Gasteiger partial charge in [0.15, 0.2) is 0 Å². The Hall–Kier alpha value is -1.92. The summed E-state index contributed by atoms with van der Waals surface area (Å²) in [4.78, 5) is 23.9. The van der Waals surface area contributed by atoms with Gasteiger partial charge in [0.1, 0.15) is 0 Å². The Bertz CT molecular complexity index is 444. The molecular formula is C19H30O6. The number of aliphatic hydroxyl groups is 2. The van der Waals surface area contributed by atoms with Crippen molar-refractivity contribution in [1.82, 2.24) is 0 Å². The Balaban J connectivity index is 0.00000101. The molecule has 0 spiro atoms. The van der Waals surface area contributed by atoms with Crippen LogP contribution < -0.4 is 0 Å². The summed E-state index contributed by atoms with van der Waals surface area (Å²) in [6.07, 6.45) is 4.03. The maximum Gasteiger partial charge on any atom is 0.339 e. The lowest BCUT2D eigenvalue weighted by molar-refractivity contribution is 0.0452. The van der Waals surface area contributed by atoms with Gasteiger partial charge in [0, 0.05) is 13.2 Å². The minimum absolute atomic E-state index is 0.0938. The van der Waals surface area contributed by atoms with Crippen LogP contribution >= 0.6 is 0 Å². The lowest BCUT2D eigenvalue weighted by atomic mass is 10.1. The van der Waals surface area contributed by atoms with E-state index in [9.17, 15) is 9.59 Å². The van der Waals surface area contributed by atoms with Crippen LogP contribution in [-0.4, -0.2) is 48.6 Å². The summed E-state index contributed by atoms with van der Waals surface area (Å²) in [7, 11) is 0. The molecule has 0 unspecified atom stereocenters. The molecule has 0 radical (unpaired) electrons. The lowest BCUT2D eigenvalue weighted by Gasteiger charge is -2.09. The minimum Gasteiger partial charge on any atom is -0.462 e. The smallest absolute Gasteiger partial charge is 0.339 e. The minimum atomic E-state index is -0.471. The monoisotopic (exact) mass is 354 g/mol. The van der Waals surface area contributed by atoms with Crippen molar-refractivity contribution in [3.8, 4) is 0 Å². The van der Waals surface area contributed by atoms with Crippen molar-refractivity contribution >= 4 is 11.9 Å². The molecule has 0 saturated heterocycles. The fraction of sp³-hybridized carbons (Fsp3) is 0.579. The lowest BCUT2D eigenvalue weighted by Crippen LogP contribution is -2.14. The molecule has 1 aromatic rings. The predicted octanol–water partition coefficient (Wildman–Crippen LogP) is 2.96. The first-order valence-electron chi connectivity index (χ1n) is 8.77. The van der Waals surface area contributed by atoms with Crippen LogP contribution in [0.1, 0.15) is 66.7 Å². The van der Waals surface area contributed by atoms with Gasteiger partial charge in [-0.2, -0.15) is 0 Å². The van der Waals surface area contributed by atoms with E-state index in [1.807, 2.05) is 13.8 Å². The van der Waals surface area contributed by atoms with Gasteiger partial charge < -0.3 is 19.7 Å². The first-order valence-corrected chi connectivity index (χ1v) is 8.77. The van der Waals surface area contributed by atoms with E-state index in [0.29, 0.717) is 19.6 Å². The molecule has 0 atom stereocenters. The van der Waals surface area contributed by atoms with Gasteiger partial charge >= 0.3 is 11.9 Å². The van der Waals surface area contributed by atoms with Gasteiger partial charge in [0.2, 0.25) is 0 Å². The van der Waals surface area contributed by atoms with Crippen molar-refractivity contribution in [3.63, 3.8) is 0 Å². The Morgan fingerprint density at radius 1 is 0.800 bits per heavy atom. The first-order chi connectivity index (χ1) is 12.1. The molecule has 0 aliphatic carbocycles. The second-order valence-electron chi connectivity index (χ2n) is 5.33. The third-order valence-corrected chi connectivity index (χ3v) is 3.15. The maximum atomic E-state index is 11.9. The third kappa shape index (κ3) is 10.5. The van der Waals surface area contributed by atoms with Crippen LogP contribution in [0.3, 0.4) is 0 Å². The molecule has 0 aliphatic rings. The van der Waals surface area contributed by atoms with E-state index in [1.54, 1.807) is 24.3 Å². The third-order valence-electron chi connectivity index (χ3n) is 3.15. The van der Waals surface area contributed by atoms with Crippen molar-refractivity contribution in [1.29, 1.82) is 0 Å². The zero-order valence-corrected chi connectivity index (χ0v) is 15.2. The Kier molecular flexibility index (Phi) is 14.4. The molecule has 6 heteroatoms. The van der Waals surface area contributed by atoms with E-state index in [0.717, 1.165) is 25.7 Å². The average molecular weight is 354 g/mol. The van der Waals surface area contributed by atoms with Gasteiger partial charge in [0.05, 0.1) is 24.3 Å². The zero-order chi connectivity index (χ0) is 18.9. The van der Waals surface area contributed by atoms with Crippen LogP contribution in [0.15, 0.2) is 24.3 Å². The van der Waals surface area contributed by atoms with Crippen molar-refractivity contribution in [2.75, 3.05) is 26.4 Å². The van der Waals surface area contributed by atoms with E-state index in [2.05, 4.69) is 0 Å². The highest BCUT2D eigenvalue weighted by Gasteiger charge is 2.18. The molecule has 0 bridgehead atoms. The van der Waals surface area contributed by atoms with Crippen LogP contribution in [0, 0.1) is 0 Å². The Morgan fingerprint density at radius 2 is 1.20 bits per heavy atom. The maximum absolute atomic E-state index is 11.9. The summed E-state index contributed by atoms with van der Waals surface area (Å²) in [5.74, 6) is -0.942. The van der Waals surface area contributed by atoms with Crippen molar-refractivity contribution < 1.29 is 29.3 Å². The standard InChI is InChI=1S/C16H22O4.C3H8O2/c1-3-5-11-19-15(17)13-9-7-8-10-14(13)16(18)20-12-6-4-2;4-2-1-3-5/h7-10H,3-6,11-12H2,1-2H3;4-5H,1-3H2. The molecule has 0 saturated carbocycles. The van der Waals surface area contributed by atoms with E-state index in [4.69, 9.17) is 19.7 Å². The van der Waals surface area contributed by atoms with Gasteiger partial charge in [-0.25, -0.2) is 9.59 Å². The van der Waals surface area contributed by atoms with Gasteiger partial charge in [-0.05, 0) is 31.4 Å². The molecule has 0 fully saturated rings. The number of hydrogen-bond donors (Lipinski definition) is 2.